The number of benzene rings is 1. The van der Waals surface area contributed by atoms with Crippen molar-refractivity contribution in [3.8, 4) is 0 Å². The molecule has 0 atom stereocenters. The zero-order chi connectivity index (χ0) is 11.2. The minimum absolute atomic E-state index is 0.409. The van der Waals surface area contributed by atoms with E-state index in [2.05, 4.69) is 4.74 Å². The minimum atomic E-state index is -0.524. The van der Waals surface area contributed by atoms with Crippen LogP contribution in [0.25, 0.3) is 0 Å². The van der Waals surface area contributed by atoms with Gasteiger partial charge in [0.05, 0.1) is 11.1 Å². The van der Waals surface area contributed by atoms with Gasteiger partial charge in [0.1, 0.15) is 0 Å². The maximum absolute atomic E-state index is 11.4. The van der Waals surface area contributed by atoms with Gasteiger partial charge in [-0.05, 0) is 43.0 Å². The van der Waals surface area contributed by atoms with Gasteiger partial charge in [0.25, 0.3) is 0 Å². The summed E-state index contributed by atoms with van der Waals surface area (Å²) in [5, 5.41) is 0. The second kappa shape index (κ2) is 3.19. The molecule has 0 bridgehead atoms. The molecule has 15 heavy (non-hydrogen) atoms. The van der Waals surface area contributed by atoms with E-state index in [0.717, 1.165) is 23.1 Å². The second-order valence-electron chi connectivity index (χ2n) is 3.75. The van der Waals surface area contributed by atoms with Crippen molar-refractivity contribution in [2.24, 2.45) is 0 Å². The van der Waals surface area contributed by atoms with Crippen LogP contribution in [0.3, 0.4) is 0 Å². The van der Waals surface area contributed by atoms with Crippen LogP contribution in [-0.4, -0.2) is 11.9 Å². The molecule has 0 fully saturated rings. The number of rotatable bonds is 1. The summed E-state index contributed by atoms with van der Waals surface area (Å²) in [6, 6.07) is 1.74. The van der Waals surface area contributed by atoms with E-state index in [9.17, 15) is 9.59 Å². The van der Waals surface area contributed by atoms with Gasteiger partial charge in [-0.2, -0.15) is 0 Å². The van der Waals surface area contributed by atoms with Crippen molar-refractivity contribution >= 4 is 11.9 Å². The second-order valence-corrected chi connectivity index (χ2v) is 3.75. The molecule has 1 aromatic rings. The fraction of sp³-hybridized carbons (Fsp3) is 0.333. The van der Waals surface area contributed by atoms with E-state index in [1.807, 2.05) is 20.8 Å². The highest BCUT2D eigenvalue weighted by Gasteiger charge is 2.32. The molecule has 0 aromatic heterocycles. The third-order valence-electron chi connectivity index (χ3n) is 2.90. The van der Waals surface area contributed by atoms with Gasteiger partial charge < -0.3 is 4.74 Å². The summed E-state index contributed by atoms with van der Waals surface area (Å²) in [6.45, 7) is 5.84. The highest BCUT2D eigenvalue weighted by molar-refractivity contribution is 6.15. The Morgan fingerprint density at radius 2 is 1.87 bits per heavy atom. The lowest BCUT2D eigenvalue weighted by molar-refractivity contribution is 0.0443. The van der Waals surface area contributed by atoms with Gasteiger partial charge in [0.2, 0.25) is 0 Å². The smallest absolute Gasteiger partial charge is 0.347 e. The summed E-state index contributed by atoms with van der Waals surface area (Å²) < 4.78 is 4.59. The summed E-state index contributed by atoms with van der Waals surface area (Å²) in [5.41, 5.74) is 3.90. The van der Waals surface area contributed by atoms with E-state index in [0.29, 0.717) is 11.1 Å². The Kier molecular flexibility index (Phi) is 2.11. The lowest BCUT2D eigenvalue weighted by atomic mass is 9.93. The van der Waals surface area contributed by atoms with Gasteiger partial charge in [0.15, 0.2) is 0 Å². The molecule has 0 N–H and O–H groups in total. The summed E-state index contributed by atoms with van der Waals surface area (Å²) >= 11 is 0. The molecular formula is C12H12O3. The topological polar surface area (TPSA) is 43.4 Å². The van der Waals surface area contributed by atoms with Crippen LogP contribution in [0.4, 0.5) is 0 Å². The van der Waals surface area contributed by atoms with Crippen LogP contribution in [0.15, 0.2) is 6.07 Å². The number of carbonyl (C=O) groups is 2. The van der Waals surface area contributed by atoms with Crippen LogP contribution in [0.5, 0.6) is 0 Å². The zero-order valence-corrected chi connectivity index (χ0v) is 9.01. The summed E-state index contributed by atoms with van der Waals surface area (Å²) in [6.07, 6.45) is 0.854. The van der Waals surface area contributed by atoms with Crippen LogP contribution < -0.4 is 0 Å². The molecule has 1 aliphatic heterocycles. The Bertz CT molecular complexity index is 472. The quantitative estimate of drug-likeness (QED) is 0.520. The van der Waals surface area contributed by atoms with Crippen molar-refractivity contribution in [3.63, 3.8) is 0 Å². The Hall–Kier alpha value is -1.64. The first kappa shape index (κ1) is 9.90. The molecule has 0 unspecified atom stereocenters. The van der Waals surface area contributed by atoms with E-state index >= 15 is 0 Å². The third kappa shape index (κ3) is 1.27. The molecule has 3 heteroatoms. The van der Waals surface area contributed by atoms with E-state index in [4.69, 9.17) is 0 Å². The molecule has 0 saturated heterocycles. The number of hydrogen-bond acceptors (Lipinski definition) is 3. The Morgan fingerprint density at radius 3 is 2.47 bits per heavy atom. The standard InChI is InChI=1S/C12H12O3/c1-4-8-6(2)5-9-10(7(8)3)12(14)15-11(9)13/h5H,4H2,1-3H3. The van der Waals surface area contributed by atoms with Crippen molar-refractivity contribution in [3.05, 3.63) is 33.9 Å². The number of fused-ring (bicyclic) bond motifs is 1. The molecule has 0 amide bonds. The molecule has 78 valence electrons. The third-order valence-corrected chi connectivity index (χ3v) is 2.90. The van der Waals surface area contributed by atoms with Gasteiger partial charge in [-0.1, -0.05) is 6.92 Å². The number of hydrogen-bond donors (Lipinski definition) is 0. The average Bonchev–Trinajstić information content (AvgIpc) is 2.42. The summed E-state index contributed by atoms with van der Waals surface area (Å²) in [7, 11) is 0. The number of aryl methyl sites for hydroxylation is 1. The average molecular weight is 204 g/mol. The molecule has 3 nitrogen and oxygen atoms in total. The Labute approximate surface area is 88.1 Å². The van der Waals surface area contributed by atoms with Crippen LogP contribution in [0.2, 0.25) is 0 Å². The normalized spacial score (nSPS) is 14.1. The van der Waals surface area contributed by atoms with Crippen molar-refractivity contribution < 1.29 is 14.3 Å². The highest BCUT2D eigenvalue weighted by Crippen LogP contribution is 2.28. The van der Waals surface area contributed by atoms with Gasteiger partial charge in [-0.15, -0.1) is 0 Å². The largest absolute Gasteiger partial charge is 0.386 e. The lowest BCUT2D eigenvalue weighted by Crippen LogP contribution is -2.02. The van der Waals surface area contributed by atoms with Crippen molar-refractivity contribution in [1.29, 1.82) is 0 Å². The van der Waals surface area contributed by atoms with Crippen molar-refractivity contribution in [2.45, 2.75) is 27.2 Å². The van der Waals surface area contributed by atoms with Crippen LogP contribution >= 0.6 is 0 Å². The molecule has 0 aliphatic carbocycles. The molecule has 1 aromatic carbocycles. The minimum Gasteiger partial charge on any atom is -0.386 e. The maximum Gasteiger partial charge on any atom is 0.347 e. The first-order chi connectivity index (χ1) is 7.06. The zero-order valence-electron chi connectivity index (χ0n) is 9.01. The fourth-order valence-electron chi connectivity index (χ4n) is 2.18. The first-order valence-corrected chi connectivity index (χ1v) is 4.95. The summed E-state index contributed by atoms with van der Waals surface area (Å²) in [4.78, 5) is 22.8. The fourth-order valence-corrected chi connectivity index (χ4v) is 2.18. The molecule has 2 rings (SSSR count). The predicted octanol–water partition coefficient (Wildman–Crippen LogP) is 2.18. The van der Waals surface area contributed by atoms with Crippen LogP contribution in [0, 0.1) is 13.8 Å². The Balaban J connectivity index is 2.78. The SMILES string of the molecule is CCc1c(C)cc2c(c1C)C(=O)OC2=O. The Morgan fingerprint density at radius 1 is 1.20 bits per heavy atom. The molecule has 0 spiro atoms. The number of esters is 2. The highest BCUT2D eigenvalue weighted by atomic mass is 16.6. The van der Waals surface area contributed by atoms with Gasteiger partial charge in [0, 0.05) is 0 Å². The predicted molar refractivity (Wildman–Crippen MR) is 55.0 cm³/mol. The number of cyclic esters (lactones) is 2. The van der Waals surface area contributed by atoms with E-state index in [1.165, 1.54) is 0 Å². The monoisotopic (exact) mass is 204 g/mol. The van der Waals surface area contributed by atoms with E-state index < -0.39 is 11.9 Å². The van der Waals surface area contributed by atoms with E-state index in [1.54, 1.807) is 6.07 Å². The van der Waals surface area contributed by atoms with Crippen LogP contribution in [0.1, 0.15) is 44.3 Å². The molecule has 0 radical (unpaired) electrons. The number of ether oxygens (including phenoxy) is 1. The molecule has 1 aliphatic rings. The van der Waals surface area contributed by atoms with Gasteiger partial charge in [-0.3, -0.25) is 0 Å². The molecule has 0 saturated carbocycles. The molecular weight excluding hydrogens is 192 g/mol. The van der Waals surface area contributed by atoms with Crippen molar-refractivity contribution in [1.82, 2.24) is 0 Å². The molecule has 1 heterocycles. The number of carbonyl (C=O) groups excluding carboxylic acids is 2. The van der Waals surface area contributed by atoms with Gasteiger partial charge >= 0.3 is 11.9 Å². The van der Waals surface area contributed by atoms with E-state index in [-0.39, 0.29) is 0 Å². The first-order valence-electron chi connectivity index (χ1n) is 4.95. The van der Waals surface area contributed by atoms with Gasteiger partial charge in [-0.25, -0.2) is 9.59 Å². The maximum atomic E-state index is 11.4. The van der Waals surface area contributed by atoms with Crippen LogP contribution in [-0.2, 0) is 11.2 Å². The van der Waals surface area contributed by atoms with Crippen molar-refractivity contribution in [2.75, 3.05) is 0 Å². The summed E-state index contributed by atoms with van der Waals surface area (Å²) in [5.74, 6) is -1.04. The lowest BCUT2D eigenvalue weighted by Gasteiger charge is -2.09.